The standard InChI is InChI=1S/C25H19ClN2O5/c1-15-9-21-20(13-27(14-32-21)12-16-5-7-18(26)8-6-16)25-23(15)24(29)22(33-25)11-17-3-2-4-19(10-17)28(30)31/h2-11H,12-14H2,1H3/b22-11-. The number of Topliss-reactive ketones (excluding diaryl/α,β-unsaturated/α-hetero) is 1. The number of nitro benzene ring substituents is 1. The number of aryl methyl sites for hydroxylation is 1. The Morgan fingerprint density at radius 3 is 2.73 bits per heavy atom. The maximum absolute atomic E-state index is 13.1. The summed E-state index contributed by atoms with van der Waals surface area (Å²) in [5.41, 5.74) is 3.65. The van der Waals surface area contributed by atoms with Crippen LogP contribution in [-0.4, -0.2) is 22.3 Å². The van der Waals surface area contributed by atoms with E-state index in [-0.39, 0.29) is 17.2 Å². The Labute approximate surface area is 195 Å². The van der Waals surface area contributed by atoms with Gasteiger partial charge in [0, 0.05) is 30.2 Å². The molecular formula is C25H19ClN2O5. The Morgan fingerprint density at radius 1 is 1.18 bits per heavy atom. The fraction of sp³-hybridized carbons (Fsp3) is 0.160. The number of nitro groups is 1. The minimum absolute atomic E-state index is 0.0490. The van der Waals surface area contributed by atoms with Crippen LogP contribution in [0.4, 0.5) is 5.69 Å². The predicted molar refractivity (Wildman–Crippen MR) is 123 cm³/mol. The van der Waals surface area contributed by atoms with Crippen LogP contribution in [0.2, 0.25) is 5.02 Å². The number of benzene rings is 3. The number of halogens is 1. The number of hydrogen-bond acceptors (Lipinski definition) is 6. The number of rotatable bonds is 4. The number of carbonyl (C=O) groups is 1. The van der Waals surface area contributed by atoms with E-state index in [1.54, 1.807) is 12.1 Å². The van der Waals surface area contributed by atoms with E-state index in [9.17, 15) is 14.9 Å². The Bertz CT molecular complexity index is 1320. The quantitative estimate of drug-likeness (QED) is 0.288. The second-order valence-corrected chi connectivity index (χ2v) is 8.49. The van der Waals surface area contributed by atoms with Gasteiger partial charge >= 0.3 is 0 Å². The monoisotopic (exact) mass is 462 g/mol. The third-order valence-electron chi connectivity index (χ3n) is 5.69. The Hall–Kier alpha value is -3.68. The highest BCUT2D eigenvalue weighted by Crippen LogP contribution is 2.44. The van der Waals surface area contributed by atoms with Gasteiger partial charge in [-0.15, -0.1) is 0 Å². The van der Waals surface area contributed by atoms with E-state index in [0.29, 0.717) is 47.5 Å². The van der Waals surface area contributed by atoms with Crippen molar-refractivity contribution in [3.05, 3.63) is 103 Å². The molecule has 3 aromatic carbocycles. The SMILES string of the molecule is Cc1cc2c(c3c1C(=O)/C(=C/c1cccc([N+](=O)[O-])c1)O3)CN(Cc1ccc(Cl)cc1)CO2. The minimum Gasteiger partial charge on any atom is -0.478 e. The van der Waals surface area contributed by atoms with Crippen LogP contribution in [-0.2, 0) is 13.1 Å². The molecule has 0 fully saturated rings. The number of allylic oxidation sites excluding steroid dienone is 1. The molecule has 8 heteroatoms. The summed E-state index contributed by atoms with van der Waals surface area (Å²) >= 11 is 5.98. The first-order valence-electron chi connectivity index (χ1n) is 10.3. The van der Waals surface area contributed by atoms with Crippen LogP contribution in [0.5, 0.6) is 11.5 Å². The van der Waals surface area contributed by atoms with Crippen molar-refractivity contribution in [3.63, 3.8) is 0 Å². The molecule has 0 atom stereocenters. The second kappa shape index (κ2) is 8.35. The highest BCUT2D eigenvalue weighted by atomic mass is 35.5. The number of ether oxygens (including phenoxy) is 2. The van der Waals surface area contributed by atoms with E-state index < -0.39 is 4.92 Å². The molecule has 0 aliphatic carbocycles. The van der Waals surface area contributed by atoms with E-state index >= 15 is 0 Å². The Kier molecular flexibility index (Phi) is 5.36. The number of hydrogen-bond donors (Lipinski definition) is 0. The minimum atomic E-state index is -0.471. The van der Waals surface area contributed by atoms with Crippen molar-refractivity contribution in [1.29, 1.82) is 0 Å². The zero-order valence-corrected chi connectivity index (χ0v) is 18.5. The molecule has 5 rings (SSSR count). The molecule has 7 nitrogen and oxygen atoms in total. The van der Waals surface area contributed by atoms with Crippen molar-refractivity contribution >= 4 is 29.1 Å². The molecular weight excluding hydrogens is 444 g/mol. The average molecular weight is 463 g/mol. The van der Waals surface area contributed by atoms with Crippen molar-refractivity contribution < 1.29 is 19.2 Å². The van der Waals surface area contributed by atoms with Crippen molar-refractivity contribution in [1.82, 2.24) is 4.90 Å². The molecule has 0 bridgehead atoms. The number of non-ortho nitro benzene ring substituents is 1. The molecule has 0 aromatic heterocycles. The van der Waals surface area contributed by atoms with Crippen molar-refractivity contribution in [2.45, 2.75) is 20.0 Å². The molecule has 3 aromatic rings. The molecule has 0 saturated heterocycles. The summed E-state index contributed by atoms with van der Waals surface area (Å²) in [4.78, 5) is 25.9. The summed E-state index contributed by atoms with van der Waals surface area (Å²) in [5, 5.41) is 11.8. The first kappa shape index (κ1) is 21.2. The lowest BCUT2D eigenvalue weighted by Crippen LogP contribution is -2.31. The van der Waals surface area contributed by atoms with Crippen LogP contribution in [0, 0.1) is 17.0 Å². The molecule has 2 aliphatic rings. The highest BCUT2D eigenvalue weighted by molar-refractivity contribution is 6.30. The Balaban J connectivity index is 1.45. The second-order valence-electron chi connectivity index (χ2n) is 8.05. The number of carbonyl (C=O) groups excluding carboxylic acids is 1. The van der Waals surface area contributed by atoms with E-state index in [1.807, 2.05) is 37.3 Å². The van der Waals surface area contributed by atoms with Gasteiger partial charge in [0.1, 0.15) is 18.2 Å². The van der Waals surface area contributed by atoms with Gasteiger partial charge in [-0.3, -0.25) is 19.8 Å². The molecule has 0 amide bonds. The molecule has 33 heavy (non-hydrogen) atoms. The van der Waals surface area contributed by atoms with Gasteiger partial charge in [0.15, 0.2) is 5.76 Å². The van der Waals surface area contributed by atoms with Crippen molar-refractivity contribution in [3.8, 4) is 11.5 Å². The summed E-state index contributed by atoms with van der Waals surface area (Å²) < 4.78 is 12.0. The van der Waals surface area contributed by atoms with Crippen LogP contribution in [0.1, 0.15) is 32.6 Å². The van der Waals surface area contributed by atoms with Gasteiger partial charge in [-0.05, 0) is 47.9 Å². The fourth-order valence-electron chi connectivity index (χ4n) is 4.10. The zero-order chi connectivity index (χ0) is 23.1. The van der Waals surface area contributed by atoms with E-state index in [2.05, 4.69) is 4.90 Å². The summed E-state index contributed by atoms with van der Waals surface area (Å²) in [6, 6.07) is 15.6. The van der Waals surface area contributed by atoms with Gasteiger partial charge in [-0.2, -0.15) is 0 Å². The molecule has 0 saturated carbocycles. The molecule has 0 N–H and O–H groups in total. The maximum atomic E-state index is 13.1. The summed E-state index contributed by atoms with van der Waals surface area (Å²) in [6.45, 7) is 3.47. The number of ketones is 1. The molecule has 0 unspecified atom stereocenters. The lowest BCUT2D eigenvalue weighted by Gasteiger charge is -2.30. The molecule has 2 aliphatic heterocycles. The van der Waals surface area contributed by atoms with Gasteiger partial charge in [-0.1, -0.05) is 35.9 Å². The van der Waals surface area contributed by atoms with Gasteiger partial charge in [0.25, 0.3) is 5.69 Å². The first-order chi connectivity index (χ1) is 15.9. The van der Waals surface area contributed by atoms with Gasteiger partial charge in [0.05, 0.1) is 16.1 Å². The lowest BCUT2D eigenvalue weighted by atomic mass is 9.98. The smallest absolute Gasteiger partial charge is 0.270 e. The molecule has 0 spiro atoms. The largest absolute Gasteiger partial charge is 0.478 e. The molecule has 2 heterocycles. The first-order valence-corrected chi connectivity index (χ1v) is 10.7. The van der Waals surface area contributed by atoms with Crippen LogP contribution in [0.15, 0.2) is 60.4 Å². The summed E-state index contributed by atoms with van der Waals surface area (Å²) in [6.07, 6.45) is 1.54. The van der Waals surface area contributed by atoms with Gasteiger partial charge in [0.2, 0.25) is 5.78 Å². The van der Waals surface area contributed by atoms with Crippen LogP contribution in [0.25, 0.3) is 6.08 Å². The third-order valence-corrected chi connectivity index (χ3v) is 5.94. The number of nitrogens with zero attached hydrogens (tertiary/aromatic N) is 2. The van der Waals surface area contributed by atoms with Crippen LogP contribution >= 0.6 is 11.6 Å². The van der Waals surface area contributed by atoms with Gasteiger partial charge in [-0.25, -0.2) is 0 Å². The normalized spacial score (nSPS) is 16.2. The Morgan fingerprint density at radius 2 is 1.97 bits per heavy atom. The van der Waals surface area contributed by atoms with Crippen molar-refractivity contribution in [2.75, 3.05) is 6.73 Å². The highest BCUT2D eigenvalue weighted by Gasteiger charge is 2.35. The zero-order valence-electron chi connectivity index (χ0n) is 17.7. The fourth-order valence-corrected chi connectivity index (χ4v) is 4.23. The van der Waals surface area contributed by atoms with E-state index in [0.717, 1.165) is 16.7 Å². The molecule has 166 valence electrons. The van der Waals surface area contributed by atoms with Gasteiger partial charge < -0.3 is 9.47 Å². The summed E-state index contributed by atoms with van der Waals surface area (Å²) in [7, 11) is 0. The van der Waals surface area contributed by atoms with Crippen LogP contribution in [0.3, 0.4) is 0 Å². The van der Waals surface area contributed by atoms with E-state index in [4.69, 9.17) is 21.1 Å². The van der Waals surface area contributed by atoms with Crippen molar-refractivity contribution in [2.24, 2.45) is 0 Å². The lowest BCUT2D eigenvalue weighted by molar-refractivity contribution is -0.384. The van der Waals surface area contributed by atoms with Crippen LogP contribution < -0.4 is 9.47 Å². The van der Waals surface area contributed by atoms with E-state index in [1.165, 1.54) is 18.2 Å². The maximum Gasteiger partial charge on any atom is 0.270 e. The topological polar surface area (TPSA) is 81.9 Å². The predicted octanol–water partition coefficient (Wildman–Crippen LogP) is 5.52. The average Bonchev–Trinajstić information content (AvgIpc) is 3.13. The summed E-state index contributed by atoms with van der Waals surface area (Å²) in [5.74, 6) is 1.08. The third kappa shape index (κ3) is 4.08. The molecule has 0 radical (unpaired) electrons. The number of fused-ring (bicyclic) bond motifs is 3.